The van der Waals surface area contributed by atoms with E-state index in [-0.39, 0.29) is 0 Å². The van der Waals surface area contributed by atoms with Crippen molar-refractivity contribution in [2.45, 2.75) is 0 Å². The van der Waals surface area contributed by atoms with Crippen molar-refractivity contribution in [1.82, 2.24) is 4.98 Å². The van der Waals surface area contributed by atoms with Gasteiger partial charge in [0, 0.05) is 6.07 Å². The predicted octanol–water partition coefficient (Wildman–Crippen LogP) is 2.42. The van der Waals surface area contributed by atoms with Gasteiger partial charge in [-0.3, -0.25) is 0 Å². The Bertz CT molecular complexity index is 468. The summed E-state index contributed by atoms with van der Waals surface area (Å²) in [5.74, 6) is 0.589. The molecule has 1 aromatic heterocycles. The number of nitrogens with one attached hydrogen (secondary N) is 1. The Hall–Kier alpha value is -2.23. The fourth-order valence-corrected chi connectivity index (χ4v) is 1.34. The van der Waals surface area contributed by atoms with Gasteiger partial charge in [-0.15, -0.1) is 0 Å². The summed E-state index contributed by atoms with van der Waals surface area (Å²) in [5, 5.41) is 3.18. The SMILES string of the molecule is COc1ccc(Nc2ccccc2N)cn1. The van der Waals surface area contributed by atoms with E-state index >= 15 is 0 Å². The molecule has 0 aliphatic carbocycles. The number of hydrogen-bond donors (Lipinski definition) is 2. The summed E-state index contributed by atoms with van der Waals surface area (Å²) in [6.45, 7) is 0. The second-order valence-electron chi connectivity index (χ2n) is 3.30. The number of methoxy groups -OCH3 is 1. The molecule has 16 heavy (non-hydrogen) atoms. The molecule has 0 fully saturated rings. The molecule has 1 heterocycles. The Morgan fingerprint density at radius 2 is 2.00 bits per heavy atom. The van der Waals surface area contributed by atoms with Gasteiger partial charge >= 0.3 is 0 Å². The molecule has 82 valence electrons. The van der Waals surface area contributed by atoms with E-state index in [0.29, 0.717) is 11.6 Å². The van der Waals surface area contributed by atoms with Gasteiger partial charge in [-0.1, -0.05) is 12.1 Å². The van der Waals surface area contributed by atoms with Gasteiger partial charge in [-0.05, 0) is 18.2 Å². The Kier molecular flexibility index (Phi) is 2.91. The molecule has 4 heteroatoms. The number of nitrogen functional groups attached to an aromatic ring is 1. The van der Waals surface area contributed by atoms with E-state index in [0.717, 1.165) is 11.4 Å². The van der Waals surface area contributed by atoms with Crippen molar-refractivity contribution in [3.8, 4) is 5.88 Å². The summed E-state index contributed by atoms with van der Waals surface area (Å²) in [6, 6.07) is 11.3. The van der Waals surface area contributed by atoms with Crippen LogP contribution < -0.4 is 15.8 Å². The van der Waals surface area contributed by atoms with Gasteiger partial charge in [0.1, 0.15) is 0 Å². The molecule has 2 aromatic rings. The molecular weight excluding hydrogens is 202 g/mol. The van der Waals surface area contributed by atoms with Crippen LogP contribution in [0.5, 0.6) is 5.88 Å². The minimum atomic E-state index is 0.589. The van der Waals surface area contributed by atoms with Crippen molar-refractivity contribution in [1.29, 1.82) is 0 Å². The molecule has 0 aliphatic rings. The number of aromatic nitrogens is 1. The largest absolute Gasteiger partial charge is 0.481 e. The molecule has 0 unspecified atom stereocenters. The molecule has 1 aromatic carbocycles. The first-order valence-corrected chi connectivity index (χ1v) is 4.91. The lowest BCUT2D eigenvalue weighted by molar-refractivity contribution is 0.398. The summed E-state index contributed by atoms with van der Waals surface area (Å²) in [7, 11) is 1.59. The summed E-state index contributed by atoms with van der Waals surface area (Å²) in [6.07, 6.45) is 1.70. The highest BCUT2D eigenvalue weighted by Crippen LogP contribution is 2.22. The summed E-state index contributed by atoms with van der Waals surface area (Å²) in [4.78, 5) is 4.10. The molecule has 0 aliphatic heterocycles. The Morgan fingerprint density at radius 1 is 1.19 bits per heavy atom. The van der Waals surface area contributed by atoms with E-state index in [1.807, 2.05) is 30.3 Å². The molecule has 0 saturated carbocycles. The van der Waals surface area contributed by atoms with Crippen LogP contribution in [-0.4, -0.2) is 12.1 Å². The van der Waals surface area contributed by atoms with Crippen molar-refractivity contribution in [3.63, 3.8) is 0 Å². The first kappa shape index (κ1) is 10.3. The maximum atomic E-state index is 5.82. The van der Waals surface area contributed by atoms with Gasteiger partial charge in [-0.2, -0.15) is 0 Å². The maximum Gasteiger partial charge on any atom is 0.213 e. The van der Waals surface area contributed by atoms with Gasteiger partial charge in [-0.25, -0.2) is 4.98 Å². The highest BCUT2D eigenvalue weighted by Gasteiger charge is 1.99. The van der Waals surface area contributed by atoms with E-state index in [1.54, 1.807) is 19.4 Å². The number of pyridine rings is 1. The summed E-state index contributed by atoms with van der Waals surface area (Å²) < 4.78 is 4.98. The third-order valence-electron chi connectivity index (χ3n) is 2.19. The van der Waals surface area contributed by atoms with Crippen LogP contribution in [0.1, 0.15) is 0 Å². The summed E-state index contributed by atoms with van der Waals surface area (Å²) >= 11 is 0. The fraction of sp³-hybridized carbons (Fsp3) is 0.0833. The normalized spacial score (nSPS) is 9.81. The zero-order chi connectivity index (χ0) is 11.4. The minimum Gasteiger partial charge on any atom is -0.481 e. The number of benzene rings is 1. The Morgan fingerprint density at radius 3 is 2.62 bits per heavy atom. The smallest absolute Gasteiger partial charge is 0.213 e. The topological polar surface area (TPSA) is 60.2 Å². The molecule has 0 saturated heterocycles. The van der Waals surface area contributed by atoms with Crippen molar-refractivity contribution in [3.05, 3.63) is 42.6 Å². The van der Waals surface area contributed by atoms with Crippen LogP contribution in [-0.2, 0) is 0 Å². The monoisotopic (exact) mass is 215 g/mol. The van der Waals surface area contributed by atoms with E-state index in [4.69, 9.17) is 10.5 Å². The van der Waals surface area contributed by atoms with Gasteiger partial charge < -0.3 is 15.8 Å². The van der Waals surface area contributed by atoms with Crippen molar-refractivity contribution in [2.75, 3.05) is 18.2 Å². The van der Waals surface area contributed by atoms with E-state index in [2.05, 4.69) is 10.3 Å². The lowest BCUT2D eigenvalue weighted by atomic mass is 10.2. The quantitative estimate of drug-likeness (QED) is 0.772. The molecule has 2 rings (SSSR count). The van der Waals surface area contributed by atoms with Crippen LogP contribution in [0, 0.1) is 0 Å². The summed E-state index contributed by atoms with van der Waals surface area (Å²) in [5.41, 5.74) is 8.27. The third-order valence-corrected chi connectivity index (χ3v) is 2.19. The second kappa shape index (κ2) is 4.53. The third kappa shape index (κ3) is 2.23. The Labute approximate surface area is 94.1 Å². The van der Waals surface area contributed by atoms with E-state index in [1.165, 1.54) is 0 Å². The molecule has 0 atom stereocenters. The van der Waals surface area contributed by atoms with Crippen LogP contribution in [0.25, 0.3) is 0 Å². The fourth-order valence-electron chi connectivity index (χ4n) is 1.34. The van der Waals surface area contributed by atoms with Crippen LogP contribution >= 0.6 is 0 Å². The van der Waals surface area contributed by atoms with Crippen LogP contribution in [0.4, 0.5) is 17.1 Å². The van der Waals surface area contributed by atoms with Crippen LogP contribution in [0.15, 0.2) is 42.6 Å². The standard InChI is InChI=1S/C12H13N3O/c1-16-12-7-6-9(8-14-12)15-11-5-3-2-4-10(11)13/h2-8,15H,13H2,1H3. The minimum absolute atomic E-state index is 0.589. The number of rotatable bonds is 3. The molecule has 3 N–H and O–H groups in total. The zero-order valence-corrected chi connectivity index (χ0v) is 8.97. The lowest BCUT2D eigenvalue weighted by Crippen LogP contribution is -1.96. The first-order chi connectivity index (χ1) is 7.79. The second-order valence-corrected chi connectivity index (χ2v) is 3.30. The predicted molar refractivity (Wildman–Crippen MR) is 64.9 cm³/mol. The van der Waals surface area contributed by atoms with Crippen molar-refractivity contribution < 1.29 is 4.74 Å². The molecule has 0 spiro atoms. The number of nitrogens with zero attached hydrogens (tertiary/aromatic N) is 1. The van der Waals surface area contributed by atoms with Gasteiger partial charge in [0.25, 0.3) is 0 Å². The molecule has 0 radical (unpaired) electrons. The number of anilines is 3. The Balaban J connectivity index is 2.18. The maximum absolute atomic E-state index is 5.82. The first-order valence-electron chi connectivity index (χ1n) is 4.91. The molecular formula is C12H13N3O. The number of ether oxygens (including phenoxy) is 1. The number of hydrogen-bond acceptors (Lipinski definition) is 4. The molecule has 4 nitrogen and oxygen atoms in total. The molecule has 0 amide bonds. The number of nitrogens with two attached hydrogens (primary N) is 1. The lowest BCUT2D eigenvalue weighted by Gasteiger charge is -2.08. The highest BCUT2D eigenvalue weighted by atomic mass is 16.5. The van der Waals surface area contributed by atoms with E-state index in [9.17, 15) is 0 Å². The van der Waals surface area contributed by atoms with Gasteiger partial charge in [0.05, 0.1) is 30.4 Å². The van der Waals surface area contributed by atoms with Crippen molar-refractivity contribution in [2.24, 2.45) is 0 Å². The van der Waals surface area contributed by atoms with Gasteiger partial charge in [0.15, 0.2) is 0 Å². The van der Waals surface area contributed by atoms with E-state index < -0.39 is 0 Å². The molecule has 0 bridgehead atoms. The zero-order valence-electron chi connectivity index (χ0n) is 8.97. The van der Waals surface area contributed by atoms with Crippen LogP contribution in [0.2, 0.25) is 0 Å². The number of para-hydroxylation sites is 2. The highest BCUT2D eigenvalue weighted by molar-refractivity contribution is 5.71. The van der Waals surface area contributed by atoms with Crippen LogP contribution in [0.3, 0.4) is 0 Å². The average molecular weight is 215 g/mol. The van der Waals surface area contributed by atoms with Gasteiger partial charge in [0.2, 0.25) is 5.88 Å². The average Bonchev–Trinajstić information content (AvgIpc) is 2.33. The van der Waals surface area contributed by atoms with Crippen molar-refractivity contribution >= 4 is 17.1 Å².